The lowest BCUT2D eigenvalue weighted by molar-refractivity contribution is 0.308. The number of fused-ring (bicyclic) bond motifs is 1. The summed E-state index contributed by atoms with van der Waals surface area (Å²) >= 11 is 5.70. The van der Waals surface area contributed by atoms with Crippen LogP contribution in [0.5, 0.6) is 0 Å². The van der Waals surface area contributed by atoms with Crippen molar-refractivity contribution in [3.63, 3.8) is 0 Å². The Morgan fingerprint density at radius 2 is 1.73 bits per heavy atom. The number of halogens is 3. The highest BCUT2D eigenvalue weighted by Gasteiger charge is 2.22. The zero-order valence-corrected chi connectivity index (χ0v) is 17.9. The first-order valence-electron chi connectivity index (χ1n) is 10.7. The minimum Gasteiger partial charge on any atom is -0.205 e. The van der Waals surface area contributed by atoms with Crippen molar-refractivity contribution >= 4 is 22.4 Å². The molecule has 0 aliphatic heterocycles. The van der Waals surface area contributed by atoms with E-state index in [2.05, 4.69) is 30.9 Å². The smallest absolute Gasteiger partial charge is 0.146 e. The van der Waals surface area contributed by atoms with E-state index < -0.39 is 5.82 Å². The maximum absolute atomic E-state index is 15.0. The molecule has 30 heavy (non-hydrogen) atoms. The van der Waals surface area contributed by atoms with Crippen molar-refractivity contribution in [2.75, 3.05) is 0 Å². The molecule has 3 aromatic carbocycles. The first-order chi connectivity index (χ1) is 14.5. The van der Waals surface area contributed by atoms with Gasteiger partial charge in [0.2, 0.25) is 0 Å². The Balaban J connectivity index is 1.56. The summed E-state index contributed by atoms with van der Waals surface area (Å²) in [4.78, 5) is 0. The topological polar surface area (TPSA) is 0 Å². The molecular weight excluding hydrogens is 398 g/mol. The number of hydrogen-bond acceptors (Lipinski definition) is 0. The van der Waals surface area contributed by atoms with Crippen LogP contribution in [0.15, 0.2) is 48.5 Å². The molecule has 0 unspecified atom stereocenters. The van der Waals surface area contributed by atoms with Crippen molar-refractivity contribution in [1.82, 2.24) is 0 Å². The van der Waals surface area contributed by atoms with Gasteiger partial charge in [0.05, 0.1) is 10.6 Å². The molecule has 1 aliphatic rings. The molecular formula is C27H25ClF2. The van der Waals surface area contributed by atoms with E-state index in [0.717, 1.165) is 11.3 Å². The van der Waals surface area contributed by atoms with Crippen LogP contribution in [-0.2, 0) is 0 Å². The van der Waals surface area contributed by atoms with E-state index in [9.17, 15) is 4.39 Å². The first-order valence-corrected chi connectivity index (χ1v) is 11.1. The maximum atomic E-state index is 15.0. The van der Waals surface area contributed by atoms with E-state index in [1.165, 1.54) is 56.2 Å². The van der Waals surface area contributed by atoms with Gasteiger partial charge in [-0.3, -0.25) is 0 Å². The lowest BCUT2D eigenvalue weighted by atomic mass is 9.77. The third kappa shape index (κ3) is 4.52. The number of rotatable bonds is 3. The Labute approximate surface area is 182 Å². The molecule has 3 heteroatoms. The molecule has 1 saturated carbocycles. The van der Waals surface area contributed by atoms with Gasteiger partial charge < -0.3 is 0 Å². The Kier molecular flexibility index (Phi) is 6.40. The van der Waals surface area contributed by atoms with Gasteiger partial charge in [0.25, 0.3) is 0 Å². The molecule has 0 radical (unpaired) electrons. The molecule has 0 N–H and O–H groups in total. The van der Waals surface area contributed by atoms with Crippen LogP contribution in [0.25, 0.3) is 10.8 Å². The molecule has 154 valence electrons. The monoisotopic (exact) mass is 422 g/mol. The van der Waals surface area contributed by atoms with Crippen molar-refractivity contribution in [3.05, 3.63) is 81.9 Å². The van der Waals surface area contributed by atoms with Gasteiger partial charge in [-0.15, -0.1) is 0 Å². The average molecular weight is 423 g/mol. The third-order valence-electron chi connectivity index (χ3n) is 6.25. The Morgan fingerprint density at radius 3 is 2.47 bits per heavy atom. The highest BCUT2D eigenvalue weighted by Crippen LogP contribution is 2.38. The van der Waals surface area contributed by atoms with Gasteiger partial charge in [0.15, 0.2) is 0 Å². The highest BCUT2D eigenvalue weighted by molar-refractivity contribution is 6.30. The highest BCUT2D eigenvalue weighted by atomic mass is 35.5. The molecule has 0 nitrogen and oxygen atoms in total. The van der Waals surface area contributed by atoms with Crippen LogP contribution in [0.4, 0.5) is 8.78 Å². The molecule has 3 aromatic rings. The molecule has 0 atom stereocenters. The lowest BCUT2D eigenvalue weighted by Crippen LogP contribution is -2.13. The minimum absolute atomic E-state index is 0.0482. The van der Waals surface area contributed by atoms with Crippen LogP contribution >= 0.6 is 11.6 Å². The largest absolute Gasteiger partial charge is 0.205 e. The summed E-state index contributed by atoms with van der Waals surface area (Å²) in [6, 6.07) is 14.1. The van der Waals surface area contributed by atoms with Crippen molar-refractivity contribution in [1.29, 1.82) is 0 Å². The van der Waals surface area contributed by atoms with E-state index in [1.807, 2.05) is 12.1 Å². The second-order valence-electron chi connectivity index (χ2n) is 8.29. The molecule has 0 bridgehead atoms. The summed E-state index contributed by atoms with van der Waals surface area (Å²) in [5, 5.41) is 1.53. The first kappa shape index (κ1) is 20.9. The Bertz CT molecular complexity index is 1110. The van der Waals surface area contributed by atoms with Crippen LogP contribution in [0.3, 0.4) is 0 Å². The van der Waals surface area contributed by atoms with E-state index in [1.54, 1.807) is 12.1 Å². The molecule has 4 rings (SSSR count). The van der Waals surface area contributed by atoms with Crippen molar-refractivity contribution in [3.8, 4) is 11.8 Å². The molecule has 0 aromatic heterocycles. The van der Waals surface area contributed by atoms with Gasteiger partial charge >= 0.3 is 0 Å². The predicted octanol–water partition coefficient (Wildman–Crippen LogP) is 8.25. The van der Waals surface area contributed by atoms with Crippen molar-refractivity contribution in [2.24, 2.45) is 5.92 Å². The normalized spacial score (nSPS) is 18.8. The Morgan fingerprint density at radius 1 is 0.933 bits per heavy atom. The summed E-state index contributed by atoms with van der Waals surface area (Å²) in [5.41, 5.74) is 2.09. The standard InChI is InChI=1S/C27H25ClF2/c1-2-3-18-4-8-20(9-5-18)22-13-14-24-23(17-22)12-11-21(27(24)30)10-6-19-7-15-25(28)26(29)16-19/h7,11-18,20H,2-5,8-9H2,1H3. The van der Waals surface area contributed by atoms with Gasteiger partial charge in [-0.25, -0.2) is 8.78 Å². The second-order valence-corrected chi connectivity index (χ2v) is 8.70. The summed E-state index contributed by atoms with van der Waals surface area (Å²) in [5.74, 6) is 6.24. The minimum atomic E-state index is -0.529. The molecule has 1 fully saturated rings. The molecule has 1 aliphatic carbocycles. The number of benzene rings is 3. The molecule has 0 saturated heterocycles. The lowest BCUT2D eigenvalue weighted by Gasteiger charge is -2.28. The quantitative estimate of drug-likeness (QED) is 0.373. The van der Waals surface area contributed by atoms with E-state index in [0.29, 0.717) is 22.4 Å². The summed E-state index contributed by atoms with van der Waals surface area (Å²) < 4.78 is 28.6. The fourth-order valence-electron chi connectivity index (χ4n) is 4.57. The summed E-state index contributed by atoms with van der Waals surface area (Å²) in [6.45, 7) is 2.26. The zero-order chi connectivity index (χ0) is 21.1. The van der Waals surface area contributed by atoms with Crippen LogP contribution < -0.4 is 0 Å². The van der Waals surface area contributed by atoms with Crippen LogP contribution in [0, 0.1) is 29.4 Å². The van der Waals surface area contributed by atoms with Crippen LogP contribution in [-0.4, -0.2) is 0 Å². The van der Waals surface area contributed by atoms with Crippen molar-refractivity contribution in [2.45, 2.75) is 51.4 Å². The molecule has 0 amide bonds. The molecule has 0 heterocycles. The van der Waals surface area contributed by atoms with Crippen LogP contribution in [0.2, 0.25) is 5.02 Å². The average Bonchev–Trinajstić information content (AvgIpc) is 2.76. The maximum Gasteiger partial charge on any atom is 0.146 e. The summed E-state index contributed by atoms with van der Waals surface area (Å²) in [6.07, 6.45) is 7.64. The number of hydrogen-bond donors (Lipinski definition) is 0. The van der Waals surface area contributed by atoms with Gasteiger partial charge in [-0.05, 0) is 72.7 Å². The SMILES string of the molecule is CCCC1CCC(c2ccc3c(F)c(C#Cc4ccc(Cl)c(F)c4)ccc3c2)CC1. The Hall–Kier alpha value is -2.37. The molecule has 0 spiro atoms. The second kappa shape index (κ2) is 9.19. The van der Waals surface area contributed by atoms with Gasteiger partial charge in [-0.1, -0.05) is 67.5 Å². The third-order valence-corrected chi connectivity index (χ3v) is 6.56. The van der Waals surface area contributed by atoms with Gasteiger partial charge in [0, 0.05) is 10.9 Å². The van der Waals surface area contributed by atoms with E-state index in [4.69, 9.17) is 11.6 Å². The van der Waals surface area contributed by atoms with Crippen molar-refractivity contribution < 1.29 is 8.78 Å². The zero-order valence-electron chi connectivity index (χ0n) is 17.2. The van der Waals surface area contributed by atoms with E-state index >= 15 is 4.39 Å². The van der Waals surface area contributed by atoms with Gasteiger partial charge in [-0.2, -0.15) is 0 Å². The van der Waals surface area contributed by atoms with Crippen LogP contribution in [0.1, 0.15) is 68.1 Å². The fourth-order valence-corrected chi connectivity index (χ4v) is 4.68. The predicted molar refractivity (Wildman–Crippen MR) is 121 cm³/mol. The fraction of sp³-hybridized carbons (Fsp3) is 0.333. The summed E-state index contributed by atoms with van der Waals surface area (Å²) in [7, 11) is 0. The van der Waals surface area contributed by atoms with Gasteiger partial charge in [0.1, 0.15) is 11.6 Å². The van der Waals surface area contributed by atoms with E-state index in [-0.39, 0.29) is 10.8 Å².